The second-order valence-corrected chi connectivity index (χ2v) is 4.72. The average molecular weight is 248 g/mol. The molecule has 1 aliphatic carbocycles. The molecule has 2 amide bonds. The lowest BCUT2D eigenvalue weighted by Crippen LogP contribution is -2.40. The highest BCUT2D eigenvalue weighted by Gasteiger charge is 2.39. The van der Waals surface area contributed by atoms with Gasteiger partial charge in [-0.1, -0.05) is 30.3 Å². The van der Waals surface area contributed by atoms with E-state index in [0.29, 0.717) is 19.1 Å². The van der Waals surface area contributed by atoms with Crippen molar-refractivity contribution in [1.82, 2.24) is 10.2 Å². The molecule has 98 valence electrons. The minimum absolute atomic E-state index is 0.0181. The normalized spacial score (nSPS) is 21.4. The maximum absolute atomic E-state index is 11.8. The van der Waals surface area contributed by atoms with E-state index in [-0.39, 0.29) is 12.1 Å². The topological polar surface area (TPSA) is 41.6 Å². The monoisotopic (exact) mass is 248 g/mol. The quantitative estimate of drug-likeness (QED) is 0.863. The molecule has 0 heterocycles. The van der Waals surface area contributed by atoms with Gasteiger partial charge >= 0.3 is 6.03 Å². The van der Waals surface area contributed by atoms with Crippen LogP contribution in [0.4, 0.5) is 4.79 Å². The largest absolute Gasteiger partial charge is 0.383 e. The van der Waals surface area contributed by atoms with Crippen molar-refractivity contribution < 1.29 is 9.53 Å². The van der Waals surface area contributed by atoms with E-state index in [2.05, 4.69) is 17.4 Å². The molecule has 2 atom stereocenters. The highest BCUT2D eigenvalue weighted by Crippen LogP contribution is 2.40. The Morgan fingerprint density at radius 2 is 2.17 bits per heavy atom. The van der Waals surface area contributed by atoms with Crippen LogP contribution in [0.25, 0.3) is 0 Å². The number of methoxy groups -OCH3 is 1. The van der Waals surface area contributed by atoms with Crippen molar-refractivity contribution in [2.75, 3.05) is 27.3 Å². The smallest absolute Gasteiger partial charge is 0.317 e. The van der Waals surface area contributed by atoms with E-state index in [4.69, 9.17) is 4.74 Å². The van der Waals surface area contributed by atoms with Crippen LogP contribution in [0.3, 0.4) is 0 Å². The fourth-order valence-electron chi connectivity index (χ4n) is 2.02. The number of ether oxygens (including phenoxy) is 1. The molecular formula is C14H20N2O2. The SMILES string of the molecule is COCCN(C)C(=O)NC1CC1c1ccccc1. The number of hydrogen-bond donors (Lipinski definition) is 1. The number of nitrogens with zero attached hydrogens (tertiary/aromatic N) is 1. The van der Waals surface area contributed by atoms with Gasteiger partial charge in [-0.05, 0) is 12.0 Å². The second-order valence-electron chi connectivity index (χ2n) is 4.72. The fraction of sp³-hybridized carbons (Fsp3) is 0.500. The van der Waals surface area contributed by atoms with Gasteiger partial charge in [0.05, 0.1) is 6.61 Å². The minimum atomic E-state index is -0.0181. The molecule has 0 radical (unpaired) electrons. The highest BCUT2D eigenvalue weighted by molar-refractivity contribution is 5.74. The Balaban J connectivity index is 1.77. The summed E-state index contributed by atoms with van der Waals surface area (Å²) < 4.78 is 4.95. The number of amides is 2. The van der Waals surface area contributed by atoms with Crippen LogP contribution in [-0.2, 0) is 4.74 Å². The molecule has 18 heavy (non-hydrogen) atoms. The molecule has 0 bridgehead atoms. The van der Waals surface area contributed by atoms with E-state index in [1.54, 1.807) is 19.1 Å². The number of benzene rings is 1. The van der Waals surface area contributed by atoms with Crippen LogP contribution >= 0.6 is 0 Å². The zero-order valence-corrected chi connectivity index (χ0v) is 10.9. The van der Waals surface area contributed by atoms with Crippen LogP contribution in [-0.4, -0.2) is 44.3 Å². The molecule has 1 aromatic carbocycles. The van der Waals surface area contributed by atoms with Gasteiger partial charge in [-0.15, -0.1) is 0 Å². The number of carbonyl (C=O) groups excluding carboxylic acids is 1. The summed E-state index contributed by atoms with van der Waals surface area (Å²) >= 11 is 0. The van der Waals surface area contributed by atoms with E-state index in [1.165, 1.54) is 5.56 Å². The molecule has 0 spiro atoms. The van der Waals surface area contributed by atoms with Crippen LogP contribution in [0.2, 0.25) is 0 Å². The Bertz CT molecular complexity index is 394. The summed E-state index contributed by atoms with van der Waals surface area (Å²) in [7, 11) is 3.42. The minimum Gasteiger partial charge on any atom is -0.383 e. The molecule has 4 nitrogen and oxygen atoms in total. The number of carbonyl (C=O) groups is 1. The average Bonchev–Trinajstić information content (AvgIpc) is 3.16. The predicted octanol–water partition coefficient (Wildman–Crippen LogP) is 1.83. The summed E-state index contributed by atoms with van der Waals surface area (Å²) in [6, 6.07) is 10.6. The molecule has 0 aromatic heterocycles. The van der Waals surface area contributed by atoms with Crippen molar-refractivity contribution in [2.45, 2.75) is 18.4 Å². The van der Waals surface area contributed by atoms with Gasteiger partial charge in [0.25, 0.3) is 0 Å². The first-order valence-electron chi connectivity index (χ1n) is 6.28. The molecule has 1 aromatic rings. The lowest BCUT2D eigenvalue weighted by molar-refractivity contribution is 0.159. The van der Waals surface area contributed by atoms with E-state index in [9.17, 15) is 4.79 Å². The van der Waals surface area contributed by atoms with Crippen molar-refractivity contribution in [3.05, 3.63) is 35.9 Å². The third-order valence-electron chi connectivity index (χ3n) is 3.30. The first-order chi connectivity index (χ1) is 8.72. The van der Waals surface area contributed by atoms with Crippen molar-refractivity contribution in [1.29, 1.82) is 0 Å². The van der Waals surface area contributed by atoms with Gasteiger partial charge in [-0.3, -0.25) is 0 Å². The van der Waals surface area contributed by atoms with Crippen LogP contribution in [0, 0.1) is 0 Å². The Morgan fingerprint density at radius 1 is 1.44 bits per heavy atom. The summed E-state index contributed by atoms with van der Waals surface area (Å²) in [5.74, 6) is 0.478. The van der Waals surface area contributed by atoms with Gasteiger partial charge in [-0.25, -0.2) is 4.79 Å². The third kappa shape index (κ3) is 3.23. The molecule has 1 saturated carbocycles. The number of likely N-dealkylation sites (N-methyl/N-ethyl adjacent to an activating group) is 1. The molecule has 1 fully saturated rings. The molecule has 0 saturated heterocycles. The summed E-state index contributed by atoms with van der Waals surface area (Å²) in [6.07, 6.45) is 1.04. The molecular weight excluding hydrogens is 228 g/mol. The lowest BCUT2D eigenvalue weighted by Gasteiger charge is -2.17. The number of urea groups is 1. The van der Waals surface area contributed by atoms with Gasteiger partial charge in [-0.2, -0.15) is 0 Å². The van der Waals surface area contributed by atoms with E-state index >= 15 is 0 Å². The van der Waals surface area contributed by atoms with E-state index < -0.39 is 0 Å². The van der Waals surface area contributed by atoms with Crippen LogP contribution in [0.1, 0.15) is 17.9 Å². The van der Waals surface area contributed by atoms with Gasteiger partial charge in [0.2, 0.25) is 0 Å². The van der Waals surface area contributed by atoms with Gasteiger partial charge < -0.3 is 15.0 Å². The zero-order chi connectivity index (χ0) is 13.0. The maximum Gasteiger partial charge on any atom is 0.317 e. The molecule has 2 rings (SSSR count). The number of nitrogens with one attached hydrogen (secondary N) is 1. The number of hydrogen-bond acceptors (Lipinski definition) is 2. The summed E-state index contributed by atoms with van der Waals surface area (Å²) in [5, 5.41) is 3.04. The predicted molar refractivity (Wildman–Crippen MR) is 70.6 cm³/mol. The molecule has 0 aliphatic heterocycles. The summed E-state index contributed by atoms with van der Waals surface area (Å²) in [4.78, 5) is 13.5. The molecule has 1 aliphatic rings. The standard InChI is InChI=1S/C14H20N2O2/c1-16(8-9-18-2)14(17)15-13-10-12(13)11-6-4-3-5-7-11/h3-7,12-13H,8-10H2,1-2H3,(H,15,17). The van der Waals surface area contributed by atoms with Crippen LogP contribution < -0.4 is 5.32 Å². The Morgan fingerprint density at radius 3 is 2.83 bits per heavy atom. The van der Waals surface area contributed by atoms with Crippen molar-refractivity contribution in [3.63, 3.8) is 0 Å². The van der Waals surface area contributed by atoms with Gasteiger partial charge in [0, 0.05) is 32.7 Å². The van der Waals surface area contributed by atoms with Gasteiger partial charge in [0.1, 0.15) is 0 Å². The Hall–Kier alpha value is -1.55. The van der Waals surface area contributed by atoms with Crippen molar-refractivity contribution in [3.8, 4) is 0 Å². The van der Waals surface area contributed by atoms with Gasteiger partial charge in [0.15, 0.2) is 0 Å². The zero-order valence-electron chi connectivity index (χ0n) is 10.9. The fourth-order valence-corrected chi connectivity index (χ4v) is 2.02. The highest BCUT2D eigenvalue weighted by atomic mass is 16.5. The van der Waals surface area contributed by atoms with Crippen molar-refractivity contribution >= 4 is 6.03 Å². The first-order valence-corrected chi connectivity index (χ1v) is 6.28. The molecule has 1 N–H and O–H groups in total. The molecule has 4 heteroatoms. The van der Waals surface area contributed by atoms with Crippen LogP contribution in [0.5, 0.6) is 0 Å². The third-order valence-corrected chi connectivity index (χ3v) is 3.30. The van der Waals surface area contributed by atoms with Crippen molar-refractivity contribution in [2.24, 2.45) is 0 Å². The second kappa shape index (κ2) is 5.87. The van der Waals surface area contributed by atoms with E-state index in [0.717, 1.165) is 6.42 Å². The molecule has 2 unspecified atom stereocenters. The maximum atomic E-state index is 11.8. The first kappa shape index (κ1) is 12.9. The Kier molecular flexibility index (Phi) is 4.20. The van der Waals surface area contributed by atoms with E-state index in [1.807, 2.05) is 18.2 Å². The lowest BCUT2D eigenvalue weighted by atomic mass is 10.1. The summed E-state index contributed by atoms with van der Waals surface area (Å²) in [6.45, 7) is 1.18. The summed E-state index contributed by atoms with van der Waals surface area (Å²) in [5.41, 5.74) is 1.31. The van der Waals surface area contributed by atoms with Crippen LogP contribution in [0.15, 0.2) is 30.3 Å². The number of rotatable bonds is 5. The Labute approximate surface area is 108 Å².